The highest BCUT2D eigenvalue weighted by Crippen LogP contribution is 2.23. The van der Waals surface area contributed by atoms with Gasteiger partial charge in [0.15, 0.2) is 0 Å². The second-order valence-corrected chi connectivity index (χ2v) is 8.03. The minimum Gasteiger partial charge on any atom is -0.379 e. The number of hydrogen-bond acceptors (Lipinski definition) is 5. The van der Waals surface area contributed by atoms with Gasteiger partial charge in [0.05, 0.1) is 23.7 Å². The van der Waals surface area contributed by atoms with Crippen LogP contribution in [0.15, 0.2) is 29.2 Å². The van der Waals surface area contributed by atoms with E-state index in [1.807, 2.05) is 6.92 Å². The fraction of sp³-hybridized carbons (Fsp3) is 0.562. The normalized spacial score (nSPS) is 23.2. The highest BCUT2D eigenvalue weighted by atomic mass is 32.2. The van der Waals surface area contributed by atoms with E-state index >= 15 is 0 Å². The van der Waals surface area contributed by atoms with E-state index in [2.05, 4.69) is 5.32 Å². The first-order chi connectivity index (χ1) is 11.5. The molecule has 0 saturated carbocycles. The number of nitrogens with zero attached hydrogens (tertiary/aromatic N) is 2. The van der Waals surface area contributed by atoms with Gasteiger partial charge in [-0.3, -0.25) is 4.79 Å². The van der Waals surface area contributed by atoms with Crippen LogP contribution < -0.4 is 5.32 Å². The smallest absolute Gasteiger partial charge is 0.255 e. The molecule has 1 N–H and O–H groups in total. The lowest BCUT2D eigenvalue weighted by atomic mass is 10.1. The molecule has 0 spiro atoms. The van der Waals surface area contributed by atoms with E-state index in [1.165, 1.54) is 10.4 Å². The van der Waals surface area contributed by atoms with Gasteiger partial charge in [-0.1, -0.05) is 12.1 Å². The molecule has 0 radical (unpaired) electrons. The zero-order valence-corrected chi connectivity index (χ0v) is 14.6. The lowest BCUT2D eigenvalue weighted by Crippen LogP contribution is -2.51. The van der Waals surface area contributed by atoms with Crippen LogP contribution in [0.4, 0.5) is 0 Å². The third-order valence-corrected chi connectivity index (χ3v) is 6.32. The van der Waals surface area contributed by atoms with Gasteiger partial charge in [-0.15, -0.1) is 0 Å². The summed E-state index contributed by atoms with van der Waals surface area (Å²) in [7, 11) is -3.70. The van der Waals surface area contributed by atoms with Crippen molar-refractivity contribution < 1.29 is 17.9 Å². The molecule has 24 heavy (non-hydrogen) atoms. The Morgan fingerprint density at radius 1 is 1.21 bits per heavy atom. The quantitative estimate of drug-likeness (QED) is 0.836. The largest absolute Gasteiger partial charge is 0.379 e. The van der Waals surface area contributed by atoms with Crippen LogP contribution in [-0.2, 0) is 14.8 Å². The van der Waals surface area contributed by atoms with Gasteiger partial charge in [0.25, 0.3) is 5.91 Å². The predicted molar refractivity (Wildman–Crippen MR) is 89.4 cm³/mol. The molecule has 7 nitrogen and oxygen atoms in total. The number of piperazine rings is 1. The Kier molecular flexibility index (Phi) is 5.19. The van der Waals surface area contributed by atoms with Crippen LogP contribution in [-0.4, -0.2) is 75.5 Å². The number of hydrogen-bond donors (Lipinski definition) is 1. The number of carbonyl (C=O) groups excluding carboxylic acids is 1. The maximum Gasteiger partial charge on any atom is 0.255 e. The number of ether oxygens (including phenoxy) is 1. The SMILES string of the molecule is CC1CN(C(=O)c2ccccc2S(=O)(=O)N2CCOCC2)CCN1. The van der Waals surface area contributed by atoms with Crippen molar-refractivity contribution in [2.45, 2.75) is 17.9 Å². The number of carbonyl (C=O) groups is 1. The van der Waals surface area contributed by atoms with E-state index in [-0.39, 0.29) is 22.4 Å². The Balaban J connectivity index is 1.91. The molecule has 1 amide bonds. The molecule has 0 aromatic heterocycles. The molecular weight excluding hydrogens is 330 g/mol. The Morgan fingerprint density at radius 2 is 1.92 bits per heavy atom. The summed E-state index contributed by atoms with van der Waals surface area (Å²) >= 11 is 0. The van der Waals surface area contributed by atoms with Gasteiger partial charge in [0.2, 0.25) is 10.0 Å². The summed E-state index contributed by atoms with van der Waals surface area (Å²) in [5.74, 6) is -0.226. The molecule has 1 unspecified atom stereocenters. The van der Waals surface area contributed by atoms with Gasteiger partial charge >= 0.3 is 0 Å². The zero-order chi connectivity index (χ0) is 17.2. The van der Waals surface area contributed by atoms with Crippen LogP contribution in [0.2, 0.25) is 0 Å². The molecule has 2 heterocycles. The van der Waals surface area contributed by atoms with Gasteiger partial charge < -0.3 is 15.0 Å². The number of rotatable bonds is 3. The van der Waals surface area contributed by atoms with Crippen LogP contribution in [0.25, 0.3) is 0 Å². The fourth-order valence-corrected chi connectivity index (χ4v) is 4.67. The molecular formula is C16H23N3O4S. The zero-order valence-electron chi connectivity index (χ0n) is 13.8. The molecule has 3 rings (SSSR count). The molecule has 2 aliphatic rings. The Hall–Kier alpha value is -1.48. The van der Waals surface area contributed by atoms with E-state index in [1.54, 1.807) is 23.1 Å². The molecule has 1 aromatic carbocycles. The molecule has 1 aromatic rings. The summed E-state index contributed by atoms with van der Waals surface area (Å²) in [6.07, 6.45) is 0. The molecule has 0 aliphatic carbocycles. The second kappa shape index (κ2) is 7.18. The van der Waals surface area contributed by atoms with E-state index in [9.17, 15) is 13.2 Å². The van der Waals surface area contributed by atoms with Crippen LogP contribution in [0, 0.1) is 0 Å². The highest BCUT2D eigenvalue weighted by molar-refractivity contribution is 7.89. The number of benzene rings is 1. The van der Waals surface area contributed by atoms with Crippen molar-refractivity contribution in [2.75, 3.05) is 45.9 Å². The van der Waals surface area contributed by atoms with Gasteiger partial charge in [-0.2, -0.15) is 4.31 Å². The summed E-state index contributed by atoms with van der Waals surface area (Å²) in [4.78, 5) is 14.7. The molecule has 2 saturated heterocycles. The molecule has 1 atom stereocenters. The number of sulfonamides is 1. The summed E-state index contributed by atoms with van der Waals surface area (Å²) in [5, 5.41) is 3.28. The van der Waals surface area contributed by atoms with Crippen molar-refractivity contribution in [3.05, 3.63) is 29.8 Å². The standard InChI is InChI=1S/C16H23N3O4S/c1-13-12-18(7-6-17-13)16(20)14-4-2-3-5-15(14)24(21,22)19-8-10-23-11-9-19/h2-5,13,17H,6-12H2,1H3. The average molecular weight is 353 g/mol. The van der Waals surface area contributed by atoms with Crippen molar-refractivity contribution >= 4 is 15.9 Å². The molecule has 8 heteroatoms. The summed E-state index contributed by atoms with van der Waals surface area (Å²) in [6.45, 7) is 5.27. The molecule has 2 fully saturated rings. The van der Waals surface area contributed by atoms with E-state index in [4.69, 9.17) is 4.74 Å². The summed E-state index contributed by atoms with van der Waals surface area (Å²) in [6, 6.07) is 6.68. The number of amides is 1. The van der Waals surface area contributed by atoms with Crippen molar-refractivity contribution in [1.29, 1.82) is 0 Å². The Morgan fingerprint density at radius 3 is 2.62 bits per heavy atom. The van der Waals surface area contributed by atoms with Crippen LogP contribution in [0.5, 0.6) is 0 Å². The van der Waals surface area contributed by atoms with E-state index in [0.717, 1.165) is 0 Å². The Labute approximate surface area is 142 Å². The lowest BCUT2D eigenvalue weighted by molar-refractivity contribution is 0.0700. The maximum atomic E-state index is 12.9. The minimum atomic E-state index is -3.70. The Bertz CT molecular complexity index is 701. The molecule has 132 valence electrons. The minimum absolute atomic E-state index is 0.0862. The molecule has 0 bridgehead atoms. The van der Waals surface area contributed by atoms with Crippen molar-refractivity contribution in [2.24, 2.45) is 0 Å². The summed E-state index contributed by atoms with van der Waals surface area (Å²) < 4.78 is 32.5. The monoisotopic (exact) mass is 353 g/mol. The first-order valence-electron chi connectivity index (χ1n) is 8.20. The number of nitrogens with one attached hydrogen (secondary N) is 1. The summed E-state index contributed by atoms with van der Waals surface area (Å²) in [5.41, 5.74) is 0.248. The van der Waals surface area contributed by atoms with Gasteiger partial charge in [0, 0.05) is 38.8 Å². The van der Waals surface area contributed by atoms with Gasteiger partial charge in [0.1, 0.15) is 0 Å². The maximum absolute atomic E-state index is 12.9. The van der Waals surface area contributed by atoms with Crippen molar-refractivity contribution in [3.63, 3.8) is 0 Å². The first-order valence-corrected chi connectivity index (χ1v) is 9.64. The predicted octanol–water partition coefficient (Wildman–Crippen LogP) is 0.141. The van der Waals surface area contributed by atoms with Crippen molar-refractivity contribution in [3.8, 4) is 0 Å². The van der Waals surface area contributed by atoms with E-state index in [0.29, 0.717) is 45.9 Å². The number of morpholine rings is 1. The fourth-order valence-electron chi connectivity index (χ4n) is 3.08. The van der Waals surface area contributed by atoms with E-state index < -0.39 is 10.0 Å². The third kappa shape index (κ3) is 3.46. The first kappa shape index (κ1) is 17.3. The van der Waals surface area contributed by atoms with Crippen LogP contribution >= 0.6 is 0 Å². The van der Waals surface area contributed by atoms with Crippen LogP contribution in [0.1, 0.15) is 17.3 Å². The average Bonchev–Trinajstić information content (AvgIpc) is 2.62. The van der Waals surface area contributed by atoms with Gasteiger partial charge in [-0.05, 0) is 19.1 Å². The molecule has 2 aliphatic heterocycles. The van der Waals surface area contributed by atoms with Crippen molar-refractivity contribution in [1.82, 2.24) is 14.5 Å². The van der Waals surface area contributed by atoms with Gasteiger partial charge in [-0.25, -0.2) is 8.42 Å². The lowest BCUT2D eigenvalue weighted by Gasteiger charge is -2.33. The second-order valence-electron chi connectivity index (χ2n) is 6.12. The highest BCUT2D eigenvalue weighted by Gasteiger charge is 2.32. The topological polar surface area (TPSA) is 79.0 Å². The third-order valence-electron chi connectivity index (χ3n) is 4.36. The van der Waals surface area contributed by atoms with Crippen LogP contribution in [0.3, 0.4) is 0 Å².